The quantitative estimate of drug-likeness (QED) is 0.772. The highest BCUT2D eigenvalue weighted by molar-refractivity contribution is 9.10. The number of rotatable bonds is 1. The van der Waals surface area contributed by atoms with E-state index >= 15 is 0 Å². The van der Waals surface area contributed by atoms with E-state index in [1.165, 1.54) is 0 Å². The second kappa shape index (κ2) is 5.64. The molecular formula is C14H15BrClNO3. The van der Waals surface area contributed by atoms with Crippen LogP contribution in [0, 0.1) is 0 Å². The first-order valence-corrected chi connectivity index (χ1v) is 7.79. The average molecular weight is 361 g/mol. The van der Waals surface area contributed by atoms with Gasteiger partial charge in [0.2, 0.25) is 0 Å². The molecule has 2 fully saturated rings. The van der Waals surface area contributed by atoms with E-state index < -0.39 is 5.79 Å². The third-order valence-corrected chi connectivity index (χ3v) is 4.57. The van der Waals surface area contributed by atoms with E-state index in [9.17, 15) is 4.79 Å². The summed E-state index contributed by atoms with van der Waals surface area (Å²) in [6, 6.07) is 5.20. The molecule has 2 aliphatic rings. The Bertz CT molecular complexity index is 531. The Kier molecular flexibility index (Phi) is 4.04. The summed E-state index contributed by atoms with van der Waals surface area (Å²) in [6.45, 7) is 2.42. The molecule has 20 heavy (non-hydrogen) atoms. The van der Waals surface area contributed by atoms with Gasteiger partial charge in [-0.15, -0.1) is 0 Å². The number of hydrogen-bond donors (Lipinski definition) is 0. The summed E-state index contributed by atoms with van der Waals surface area (Å²) in [5.74, 6) is -0.612. The highest BCUT2D eigenvalue weighted by Gasteiger charge is 2.42. The molecule has 2 aliphatic heterocycles. The number of amides is 1. The van der Waals surface area contributed by atoms with Crippen molar-refractivity contribution in [3.05, 3.63) is 33.3 Å². The van der Waals surface area contributed by atoms with E-state index in [4.69, 9.17) is 21.1 Å². The van der Waals surface area contributed by atoms with Crippen LogP contribution in [-0.4, -0.2) is 42.9 Å². The minimum Gasteiger partial charge on any atom is -0.346 e. The number of hydrogen-bond acceptors (Lipinski definition) is 3. The van der Waals surface area contributed by atoms with Gasteiger partial charge in [-0.3, -0.25) is 4.79 Å². The number of benzene rings is 1. The summed E-state index contributed by atoms with van der Waals surface area (Å²) < 4.78 is 12.1. The largest absolute Gasteiger partial charge is 0.346 e. The van der Waals surface area contributed by atoms with Crippen molar-refractivity contribution in [2.24, 2.45) is 0 Å². The molecule has 0 bridgehead atoms. The Morgan fingerprint density at radius 3 is 2.80 bits per heavy atom. The number of carbonyl (C=O) groups is 1. The van der Waals surface area contributed by atoms with Gasteiger partial charge in [0.15, 0.2) is 5.79 Å². The van der Waals surface area contributed by atoms with Crippen LogP contribution in [0.25, 0.3) is 0 Å². The number of likely N-dealkylation sites (tertiary alicyclic amines) is 1. The Hall–Kier alpha value is -0.620. The molecule has 4 nitrogen and oxygen atoms in total. The zero-order chi connectivity index (χ0) is 14.2. The molecule has 1 amide bonds. The standard InChI is InChI=1S/C14H15BrClNO3/c15-12-8-10(16)2-3-11(12)13(18)17-5-1-4-14(9-17)19-6-7-20-14/h2-3,8H,1,4-7,9H2. The topological polar surface area (TPSA) is 38.8 Å². The molecule has 0 aliphatic carbocycles. The fourth-order valence-electron chi connectivity index (χ4n) is 2.73. The molecule has 0 unspecified atom stereocenters. The first-order valence-electron chi connectivity index (χ1n) is 6.62. The third kappa shape index (κ3) is 2.72. The molecule has 108 valence electrons. The normalized spacial score (nSPS) is 21.4. The van der Waals surface area contributed by atoms with E-state index in [0.717, 1.165) is 19.4 Å². The molecule has 1 spiro atoms. The van der Waals surface area contributed by atoms with Crippen molar-refractivity contribution in [2.75, 3.05) is 26.3 Å². The van der Waals surface area contributed by atoms with Crippen LogP contribution >= 0.6 is 27.5 Å². The van der Waals surface area contributed by atoms with Crippen molar-refractivity contribution in [3.8, 4) is 0 Å². The van der Waals surface area contributed by atoms with Gasteiger partial charge < -0.3 is 14.4 Å². The molecule has 6 heteroatoms. The first kappa shape index (κ1) is 14.3. The van der Waals surface area contributed by atoms with Gasteiger partial charge in [-0.05, 0) is 40.5 Å². The summed E-state index contributed by atoms with van der Waals surface area (Å²) in [7, 11) is 0. The molecule has 2 heterocycles. The number of carbonyl (C=O) groups excluding carboxylic acids is 1. The maximum atomic E-state index is 12.6. The molecule has 0 N–H and O–H groups in total. The van der Waals surface area contributed by atoms with E-state index in [1.54, 1.807) is 23.1 Å². The van der Waals surface area contributed by atoms with Crippen LogP contribution in [0.4, 0.5) is 0 Å². The summed E-state index contributed by atoms with van der Waals surface area (Å²) >= 11 is 9.31. The molecule has 0 aromatic heterocycles. The number of halogens is 2. The fraction of sp³-hybridized carbons (Fsp3) is 0.500. The smallest absolute Gasteiger partial charge is 0.255 e. The molecular weight excluding hydrogens is 346 g/mol. The maximum absolute atomic E-state index is 12.6. The van der Waals surface area contributed by atoms with Crippen molar-refractivity contribution in [1.82, 2.24) is 4.90 Å². The lowest BCUT2D eigenvalue weighted by Gasteiger charge is -2.38. The predicted molar refractivity (Wildman–Crippen MR) is 78.9 cm³/mol. The second-order valence-corrected chi connectivity index (χ2v) is 6.35. The van der Waals surface area contributed by atoms with Gasteiger partial charge in [0.1, 0.15) is 0 Å². The number of ether oxygens (including phenoxy) is 2. The van der Waals surface area contributed by atoms with Gasteiger partial charge in [0, 0.05) is 22.5 Å². The Morgan fingerprint density at radius 1 is 1.35 bits per heavy atom. The van der Waals surface area contributed by atoms with E-state index in [1.807, 2.05) is 0 Å². The monoisotopic (exact) mass is 359 g/mol. The minimum atomic E-state index is -0.590. The molecule has 2 saturated heterocycles. The predicted octanol–water partition coefficient (Wildman–Crippen LogP) is 3.08. The Balaban J connectivity index is 1.79. The summed E-state index contributed by atoms with van der Waals surface area (Å²) in [5, 5.41) is 0.603. The van der Waals surface area contributed by atoms with Crippen LogP contribution in [0.3, 0.4) is 0 Å². The summed E-state index contributed by atoms with van der Waals surface area (Å²) in [6.07, 6.45) is 1.73. The van der Waals surface area contributed by atoms with Crippen LogP contribution in [0.15, 0.2) is 22.7 Å². The zero-order valence-corrected chi connectivity index (χ0v) is 13.2. The summed E-state index contributed by atoms with van der Waals surface area (Å²) in [5.41, 5.74) is 0.615. The van der Waals surface area contributed by atoms with Crippen LogP contribution < -0.4 is 0 Å². The average Bonchev–Trinajstić information content (AvgIpc) is 2.86. The van der Waals surface area contributed by atoms with Gasteiger partial charge >= 0.3 is 0 Å². The molecule has 1 aromatic rings. The van der Waals surface area contributed by atoms with Crippen molar-refractivity contribution in [2.45, 2.75) is 18.6 Å². The fourth-order valence-corrected chi connectivity index (χ4v) is 3.58. The Morgan fingerprint density at radius 2 is 2.10 bits per heavy atom. The van der Waals surface area contributed by atoms with Gasteiger partial charge in [-0.25, -0.2) is 0 Å². The highest BCUT2D eigenvalue weighted by atomic mass is 79.9. The van der Waals surface area contributed by atoms with Gasteiger partial charge in [0.25, 0.3) is 5.91 Å². The van der Waals surface area contributed by atoms with Crippen LogP contribution in [0.5, 0.6) is 0 Å². The van der Waals surface area contributed by atoms with Crippen LogP contribution in [-0.2, 0) is 9.47 Å². The lowest BCUT2D eigenvalue weighted by Crippen LogP contribution is -2.51. The van der Waals surface area contributed by atoms with E-state index in [0.29, 0.717) is 34.8 Å². The lowest BCUT2D eigenvalue weighted by molar-refractivity contribution is -0.183. The second-order valence-electron chi connectivity index (χ2n) is 5.06. The maximum Gasteiger partial charge on any atom is 0.255 e. The zero-order valence-electron chi connectivity index (χ0n) is 10.9. The van der Waals surface area contributed by atoms with Crippen molar-refractivity contribution in [1.29, 1.82) is 0 Å². The van der Waals surface area contributed by atoms with Crippen LogP contribution in [0.1, 0.15) is 23.2 Å². The number of piperidine rings is 1. The Labute approximate surface area is 131 Å². The van der Waals surface area contributed by atoms with Gasteiger partial charge in [-0.2, -0.15) is 0 Å². The van der Waals surface area contributed by atoms with E-state index in [-0.39, 0.29) is 5.91 Å². The number of nitrogens with zero attached hydrogens (tertiary/aromatic N) is 1. The first-order chi connectivity index (χ1) is 9.60. The van der Waals surface area contributed by atoms with E-state index in [2.05, 4.69) is 15.9 Å². The molecule has 0 radical (unpaired) electrons. The third-order valence-electron chi connectivity index (χ3n) is 3.68. The SMILES string of the molecule is O=C(c1ccc(Cl)cc1Br)N1CCCC2(C1)OCCO2. The van der Waals surface area contributed by atoms with Crippen molar-refractivity contribution < 1.29 is 14.3 Å². The van der Waals surface area contributed by atoms with Gasteiger partial charge in [-0.1, -0.05) is 11.6 Å². The van der Waals surface area contributed by atoms with Crippen molar-refractivity contribution >= 4 is 33.4 Å². The molecule has 0 atom stereocenters. The molecule has 1 aromatic carbocycles. The molecule has 3 rings (SSSR count). The highest BCUT2D eigenvalue weighted by Crippen LogP contribution is 2.31. The lowest BCUT2D eigenvalue weighted by atomic mass is 10.0. The minimum absolute atomic E-state index is 0.0216. The van der Waals surface area contributed by atoms with Crippen LogP contribution in [0.2, 0.25) is 5.02 Å². The summed E-state index contributed by atoms with van der Waals surface area (Å²) in [4.78, 5) is 14.4. The van der Waals surface area contributed by atoms with Crippen molar-refractivity contribution in [3.63, 3.8) is 0 Å². The molecule has 0 saturated carbocycles. The van der Waals surface area contributed by atoms with Gasteiger partial charge in [0.05, 0.1) is 25.3 Å².